The van der Waals surface area contributed by atoms with E-state index in [9.17, 15) is 4.79 Å². The highest BCUT2D eigenvalue weighted by Crippen LogP contribution is 2.41. The lowest BCUT2D eigenvalue weighted by molar-refractivity contribution is 0.0877. The summed E-state index contributed by atoms with van der Waals surface area (Å²) in [6.45, 7) is 11.8. The first kappa shape index (κ1) is 23.7. The highest BCUT2D eigenvalue weighted by atomic mass is 35.5. The molecule has 1 aliphatic heterocycles. The van der Waals surface area contributed by atoms with E-state index in [0.717, 1.165) is 11.3 Å². The Balaban J connectivity index is 1.58. The number of ether oxygens (including phenoxy) is 1. The summed E-state index contributed by atoms with van der Waals surface area (Å²) in [6.07, 6.45) is 2.04. The summed E-state index contributed by atoms with van der Waals surface area (Å²) in [7, 11) is -2.01. The maximum Gasteiger partial charge on any atom is 0.410 e. The summed E-state index contributed by atoms with van der Waals surface area (Å²) in [5, 5.41) is 4.75. The Kier molecular flexibility index (Phi) is 6.53. The Morgan fingerprint density at radius 3 is 2.61 bits per heavy atom. The Morgan fingerprint density at radius 2 is 1.91 bits per heavy atom. The molecule has 1 aliphatic rings. The number of amides is 1. The number of aromatic nitrogens is 3. The van der Waals surface area contributed by atoms with E-state index in [-0.39, 0.29) is 29.9 Å². The van der Waals surface area contributed by atoms with Gasteiger partial charge in [-0.25, -0.2) is 14.3 Å². The molecule has 0 saturated carbocycles. The maximum absolute atomic E-state index is 13.2. The third-order valence-electron chi connectivity index (χ3n) is 6.62. The van der Waals surface area contributed by atoms with Crippen molar-refractivity contribution >= 4 is 31.7 Å². The maximum atomic E-state index is 13.2. The molecular formula is C24H31ClN4O3Si. The number of imidazole rings is 1. The number of carbonyl (C=O) groups excluding carboxylic acids is 1. The zero-order valence-electron chi connectivity index (χ0n) is 19.8. The van der Waals surface area contributed by atoms with E-state index in [1.807, 2.05) is 42.6 Å². The SMILES string of the molecule is CC(C)(C)[Si](C)(C)OC1C[C@H](c2cn3nc(Cl)ccc3n2)N(C(=O)OCc2ccccc2)C1. The van der Waals surface area contributed by atoms with Crippen LogP contribution in [0.2, 0.25) is 23.3 Å². The summed E-state index contributed by atoms with van der Waals surface area (Å²) in [5.74, 6) is 0. The topological polar surface area (TPSA) is 69.0 Å². The summed E-state index contributed by atoms with van der Waals surface area (Å²) >= 11 is 6.05. The predicted molar refractivity (Wildman–Crippen MR) is 131 cm³/mol. The number of likely N-dealkylation sites (tertiary alicyclic amines) is 1. The predicted octanol–water partition coefficient (Wildman–Crippen LogP) is 5.86. The van der Waals surface area contributed by atoms with Gasteiger partial charge in [0.05, 0.1) is 24.0 Å². The minimum atomic E-state index is -2.01. The second kappa shape index (κ2) is 9.08. The van der Waals surface area contributed by atoms with Gasteiger partial charge in [-0.15, -0.1) is 0 Å². The summed E-state index contributed by atoms with van der Waals surface area (Å²) in [6, 6.07) is 12.9. The second-order valence-electron chi connectivity index (χ2n) is 10.1. The van der Waals surface area contributed by atoms with E-state index in [4.69, 9.17) is 25.7 Å². The molecule has 0 aliphatic carbocycles. The van der Waals surface area contributed by atoms with Gasteiger partial charge >= 0.3 is 6.09 Å². The van der Waals surface area contributed by atoms with E-state index < -0.39 is 8.32 Å². The molecule has 0 radical (unpaired) electrons. The number of hydrogen-bond acceptors (Lipinski definition) is 5. The summed E-state index contributed by atoms with van der Waals surface area (Å²) in [5.41, 5.74) is 2.38. The van der Waals surface area contributed by atoms with E-state index in [2.05, 4.69) is 39.0 Å². The van der Waals surface area contributed by atoms with Gasteiger partial charge in [-0.1, -0.05) is 62.7 Å². The molecule has 2 aromatic heterocycles. The lowest BCUT2D eigenvalue weighted by atomic mass is 10.1. The highest BCUT2D eigenvalue weighted by molar-refractivity contribution is 6.74. The molecule has 33 heavy (non-hydrogen) atoms. The van der Waals surface area contributed by atoms with Crippen LogP contribution in [0.15, 0.2) is 48.7 Å². The van der Waals surface area contributed by atoms with Crippen LogP contribution in [0, 0.1) is 0 Å². The van der Waals surface area contributed by atoms with E-state index >= 15 is 0 Å². The number of halogens is 1. The first-order valence-electron chi connectivity index (χ1n) is 11.2. The van der Waals surface area contributed by atoms with E-state index in [0.29, 0.717) is 23.8 Å². The van der Waals surface area contributed by atoms with Crippen LogP contribution >= 0.6 is 11.6 Å². The van der Waals surface area contributed by atoms with Crippen LogP contribution in [0.3, 0.4) is 0 Å². The van der Waals surface area contributed by atoms with Crippen LogP contribution in [0.5, 0.6) is 0 Å². The van der Waals surface area contributed by atoms with Crippen molar-refractivity contribution < 1.29 is 14.0 Å². The molecule has 7 nitrogen and oxygen atoms in total. The minimum absolute atomic E-state index is 0.0769. The van der Waals surface area contributed by atoms with Gasteiger partial charge in [-0.3, -0.25) is 4.90 Å². The Hall–Kier alpha value is -2.42. The molecule has 2 atom stereocenters. The largest absolute Gasteiger partial charge is 0.445 e. The number of benzene rings is 1. The van der Waals surface area contributed by atoms with Gasteiger partial charge < -0.3 is 9.16 Å². The molecule has 0 N–H and O–H groups in total. The molecule has 1 amide bonds. The molecule has 4 rings (SSSR count). The van der Waals surface area contributed by atoms with Crippen LogP contribution in [-0.2, 0) is 15.8 Å². The van der Waals surface area contributed by atoms with Crippen molar-refractivity contribution in [2.24, 2.45) is 0 Å². The second-order valence-corrected chi connectivity index (χ2v) is 15.2. The number of nitrogens with zero attached hydrogens (tertiary/aromatic N) is 4. The Bertz CT molecular complexity index is 1130. The minimum Gasteiger partial charge on any atom is -0.445 e. The Labute approximate surface area is 200 Å². The average Bonchev–Trinajstić information content (AvgIpc) is 3.35. The lowest BCUT2D eigenvalue weighted by Gasteiger charge is -2.38. The van der Waals surface area contributed by atoms with Crippen LogP contribution in [0.25, 0.3) is 5.65 Å². The number of carbonyl (C=O) groups is 1. The molecule has 0 spiro atoms. The monoisotopic (exact) mass is 486 g/mol. The average molecular weight is 487 g/mol. The fraction of sp³-hybridized carbons (Fsp3) is 0.458. The van der Waals surface area contributed by atoms with Crippen molar-refractivity contribution in [2.45, 2.75) is 64.1 Å². The molecule has 1 saturated heterocycles. The third kappa shape index (κ3) is 5.23. The normalized spacial score (nSPS) is 19.3. The quantitative estimate of drug-likeness (QED) is 0.422. The van der Waals surface area contributed by atoms with Crippen molar-refractivity contribution in [3.63, 3.8) is 0 Å². The molecule has 1 aromatic carbocycles. The van der Waals surface area contributed by atoms with E-state index in [1.165, 1.54) is 0 Å². The summed E-state index contributed by atoms with van der Waals surface area (Å²) < 4.78 is 14.0. The van der Waals surface area contributed by atoms with Gasteiger partial charge in [0.1, 0.15) is 11.8 Å². The molecule has 1 unspecified atom stereocenters. The Morgan fingerprint density at radius 1 is 1.18 bits per heavy atom. The number of rotatable bonds is 5. The zero-order valence-corrected chi connectivity index (χ0v) is 21.5. The fourth-order valence-electron chi connectivity index (χ4n) is 3.80. The van der Waals surface area contributed by atoms with E-state index in [1.54, 1.807) is 15.5 Å². The molecule has 9 heteroatoms. The molecule has 3 aromatic rings. The van der Waals surface area contributed by atoms with Crippen molar-refractivity contribution in [1.29, 1.82) is 0 Å². The van der Waals surface area contributed by atoms with Gasteiger partial charge in [0.25, 0.3) is 0 Å². The van der Waals surface area contributed by atoms with Crippen LogP contribution in [-0.4, -0.2) is 46.6 Å². The lowest BCUT2D eigenvalue weighted by Crippen LogP contribution is -2.44. The van der Waals surface area contributed by atoms with Gasteiger partial charge in [-0.2, -0.15) is 5.10 Å². The van der Waals surface area contributed by atoms with Crippen molar-refractivity contribution in [2.75, 3.05) is 6.54 Å². The fourth-order valence-corrected chi connectivity index (χ4v) is 5.30. The molecule has 176 valence electrons. The van der Waals surface area contributed by atoms with Gasteiger partial charge in [0, 0.05) is 13.0 Å². The van der Waals surface area contributed by atoms with Crippen molar-refractivity contribution in [3.05, 3.63) is 65.1 Å². The van der Waals surface area contributed by atoms with Gasteiger partial charge in [0.15, 0.2) is 14.0 Å². The standard InChI is InChI=1S/C24H31ClN4O3Si/c1-24(2,3)33(4,5)32-18-13-20(19-15-29-22(26-19)12-11-21(25)27-29)28(14-18)23(30)31-16-17-9-7-6-8-10-17/h6-12,15,18,20H,13-14,16H2,1-5H3/t18?,20-/m1/s1. The van der Waals surface area contributed by atoms with Crippen LogP contribution in [0.1, 0.15) is 44.5 Å². The zero-order chi connectivity index (χ0) is 23.8. The first-order valence-corrected chi connectivity index (χ1v) is 14.5. The van der Waals surface area contributed by atoms with Crippen LogP contribution < -0.4 is 0 Å². The molecule has 0 bridgehead atoms. The number of hydrogen-bond donors (Lipinski definition) is 0. The molecule has 1 fully saturated rings. The molecule has 3 heterocycles. The smallest absolute Gasteiger partial charge is 0.410 e. The van der Waals surface area contributed by atoms with Gasteiger partial charge in [-0.05, 0) is 35.8 Å². The number of fused-ring (bicyclic) bond motifs is 1. The molecular weight excluding hydrogens is 456 g/mol. The third-order valence-corrected chi connectivity index (χ3v) is 11.4. The first-order chi connectivity index (χ1) is 15.5. The van der Waals surface area contributed by atoms with Gasteiger partial charge in [0.2, 0.25) is 0 Å². The van der Waals surface area contributed by atoms with Crippen LogP contribution in [0.4, 0.5) is 4.79 Å². The van der Waals surface area contributed by atoms with Crippen molar-refractivity contribution in [1.82, 2.24) is 19.5 Å². The van der Waals surface area contributed by atoms with Crippen molar-refractivity contribution in [3.8, 4) is 0 Å². The summed E-state index contributed by atoms with van der Waals surface area (Å²) in [4.78, 5) is 19.6. The highest BCUT2D eigenvalue weighted by Gasteiger charge is 2.45.